The minimum Gasteiger partial charge on any atom is -0.481 e. The van der Waals surface area contributed by atoms with Gasteiger partial charge in [0.05, 0.1) is 36.7 Å². The number of carboxylic acid groups (broad SMARTS) is 2. The van der Waals surface area contributed by atoms with Gasteiger partial charge in [0, 0.05) is 11.1 Å². The Morgan fingerprint density at radius 1 is 0.717 bits per heavy atom. The Labute approximate surface area is 270 Å². The number of carbonyl (C=O) groups excluding carboxylic acids is 4. The molecular weight excluding hydrogens is 592 g/mol. The Morgan fingerprint density at radius 2 is 1.22 bits per heavy atom. The molecular formula is C36H46O10. The molecule has 2 aromatic carbocycles. The average molecular weight is 639 g/mol. The summed E-state index contributed by atoms with van der Waals surface area (Å²) in [7, 11) is 0. The number of benzene rings is 2. The molecule has 10 heteroatoms. The summed E-state index contributed by atoms with van der Waals surface area (Å²) in [5, 5.41) is 20.1. The van der Waals surface area contributed by atoms with Crippen LogP contribution in [0.25, 0.3) is 0 Å². The van der Waals surface area contributed by atoms with E-state index in [0.717, 1.165) is 5.56 Å². The molecule has 0 radical (unpaired) electrons. The van der Waals surface area contributed by atoms with Gasteiger partial charge in [-0.05, 0) is 55.4 Å². The number of ketones is 2. The van der Waals surface area contributed by atoms with Gasteiger partial charge in [-0.15, -0.1) is 0 Å². The summed E-state index contributed by atoms with van der Waals surface area (Å²) in [4.78, 5) is 76.7. The van der Waals surface area contributed by atoms with Crippen molar-refractivity contribution in [2.24, 2.45) is 34.5 Å². The Hall–Kier alpha value is -4.34. The van der Waals surface area contributed by atoms with Crippen molar-refractivity contribution in [1.29, 1.82) is 0 Å². The van der Waals surface area contributed by atoms with Crippen LogP contribution in [0.1, 0.15) is 94.0 Å². The molecule has 4 atom stereocenters. The fourth-order valence-electron chi connectivity index (χ4n) is 5.84. The van der Waals surface area contributed by atoms with Crippen molar-refractivity contribution >= 4 is 35.4 Å². The zero-order valence-electron chi connectivity index (χ0n) is 27.9. The molecule has 0 amide bonds. The lowest BCUT2D eigenvalue weighted by Gasteiger charge is -2.41. The quantitative estimate of drug-likeness (QED) is 0.0855. The van der Waals surface area contributed by atoms with Crippen LogP contribution in [0.4, 0.5) is 0 Å². The predicted molar refractivity (Wildman–Crippen MR) is 171 cm³/mol. The fourth-order valence-corrected chi connectivity index (χ4v) is 5.84. The van der Waals surface area contributed by atoms with E-state index in [0.29, 0.717) is 12.0 Å². The molecule has 10 nitrogen and oxygen atoms in total. The maximum atomic E-state index is 13.8. The molecule has 0 heterocycles. The zero-order valence-corrected chi connectivity index (χ0v) is 27.9. The van der Waals surface area contributed by atoms with E-state index in [9.17, 15) is 39.0 Å². The number of carboxylic acids is 2. The predicted octanol–water partition coefficient (Wildman–Crippen LogP) is 6.43. The van der Waals surface area contributed by atoms with Crippen molar-refractivity contribution in [1.82, 2.24) is 0 Å². The normalized spacial score (nSPS) is 14.3. The Bertz CT molecular complexity index is 1420. The minimum absolute atomic E-state index is 0.0192. The van der Waals surface area contributed by atoms with Gasteiger partial charge < -0.3 is 19.7 Å². The summed E-state index contributed by atoms with van der Waals surface area (Å²) in [6.07, 6.45) is -0.139. The second-order valence-corrected chi connectivity index (χ2v) is 13.1. The minimum atomic E-state index is -1.34. The van der Waals surface area contributed by atoms with Crippen LogP contribution in [0, 0.1) is 41.4 Å². The third kappa shape index (κ3) is 9.58. The molecule has 0 spiro atoms. The molecule has 2 rings (SSSR count). The van der Waals surface area contributed by atoms with E-state index in [4.69, 9.17) is 9.47 Å². The lowest BCUT2D eigenvalue weighted by atomic mass is 9.62. The van der Waals surface area contributed by atoms with Crippen LogP contribution in [-0.4, -0.2) is 52.3 Å². The van der Waals surface area contributed by atoms with Crippen molar-refractivity contribution in [3.05, 3.63) is 65.2 Å². The van der Waals surface area contributed by atoms with Gasteiger partial charge in [0.15, 0.2) is 11.6 Å². The van der Waals surface area contributed by atoms with E-state index < -0.39 is 64.2 Å². The Balaban J connectivity index is 2.34. The number of carbonyl (C=O) groups is 6. The first-order valence-electron chi connectivity index (χ1n) is 15.4. The van der Waals surface area contributed by atoms with E-state index in [2.05, 4.69) is 0 Å². The maximum absolute atomic E-state index is 13.8. The zero-order chi connectivity index (χ0) is 35.0. The lowest BCUT2D eigenvalue weighted by molar-refractivity contribution is -0.166. The molecule has 0 bridgehead atoms. The van der Waals surface area contributed by atoms with Gasteiger partial charge >= 0.3 is 23.9 Å². The largest absolute Gasteiger partial charge is 0.481 e. The van der Waals surface area contributed by atoms with E-state index in [1.807, 2.05) is 13.8 Å². The third-order valence-corrected chi connectivity index (χ3v) is 8.83. The highest BCUT2D eigenvalue weighted by atomic mass is 16.5. The molecule has 0 aliphatic rings. The summed E-state index contributed by atoms with van der Waals surface area (Å²) in [6.45, 7) is 13.4. The SMILES string of the molecule is CCOC(=O)C(C(C)C(=O)O)C(C)(C)CC(C(=O)O)C(C(=O)Oc1ccc(C(=O)CC(=O)c2ccc(C)cc2)cc1)C(C)(C)CC. The first-order valence-corrected chi connectivity index (χ1v) is 15.4. The maximum Gasteiger partial charge on any atom is 0.315 e. The molecule has 250 valence electrons. The van der Waals surface area contributed by atoms with Gasteiger partial charge in [-0.25, -0.2) is 0 Å². The number of Topliss-reactive ketones (excluding diaryl/α,β-unsaturated/α-hetero) is 2. The van der Waals surface area contributed by atoms with Crippen molar-refractivity contribution < 1.29 is 48.5 Å². The molecule has 0 saturated carbocycles. The summed E-state index contributed by atoms with van der Waals surface area (Å²) < 4.78 is 10.8. The van der Waals surface area contributed by atoms with Crippen LogP contribution in [0.3, 0.4) is 0 Å². The monoisotopic (exact) mass is 638 g/mol. The number of aliphatic carboxylic acids is 2. The fraction of sp³-hybridized carbons (Fsp3) is 0.500. The summed E-state index contributed by atoms with van der Waals surface area (Å²) in [5.41, 5.74) is -0.414. The van der Waals surface area contributed by atoms with Gasteiger partial charge in [0.2, 0.25) is 0 Å². The van der Waals surface area contributed by atoms with Gasteiger partial charge in [0.25, 0.3) is 0 Å². The second kappa shape index (κ2) is 15.8. The van der Waals surface area contributed by atoms with Crippen LogP contribution in [-0.2, 0) is 23.9 Å². The van der Waals surface area contributed by atoms with E-state index in [1.54, 1.807) is 58.9 Å². The Morgan fingerprint density at radius 3 is 1.65 bits per heavy atom. The van der Waals surface area contributed by atoms with Gasteiger partial charge in [-0.3, -0.25) is 28.8 Å². The number of rotatable bonds is 17. The number of hydrogen-bond acceptors (Lipinski definition) is 8. The highest BCUT2D eigenvalue weighted by molar-refractivity contribution is 6.13. The Kier molecular flexibility index (Phi) is 13.0. The number of ether oxygens (including phenoxy) is 2. The van der Waals surface area contributed by atoms with Crippen LogP contribution < -0.4 is 4.74 Å². The van der Waals surface area contributed by atoms with Gasteiger partial charge in [-0.2, -0.15) is 0 Å². The van der Waals surface area contributed by atoms with Crippen LogP contribution in [0.15, 0.2) is 48.5 Å². The standard InChI is InChI=1S/C36H46O10/c1-9-35(5,6)30(26(32(41)42)20-36(7,8)29(22(4)31(39)40)33(43)45-10-2)34(44)46-25-17-15-24(16-18-25)28(38)19-27(37)23-13-11-21(3)12-14-23/h11-18,22,26,29-30H,9-10,19-20H2,1-8H3,(H,39,40)(H,41,42). The number of esters is 2. The smallest absolute Gasteiger partial charge is 0.315 e. The topological polar surface area (TPSA) is 161 Å². The number of aryl methyl sites for hydroxylation is 1. The van der Waals surface area contributed by atoms with Crippen LogP contribution >= 0.6 is 0 Å². The molecule has 0 aliphatic carbocycles. The third-order valence-electron chi connectivity index (χ3n) is 8.83. The molecule has 4 unspecified atom stereocenters. The van der Waals surface area contributed by atoms with E-state index in [1.165, 1.54) is 31.2 Å². The molecule has 0 saturated heterocycles. The first-order chi connectivity index (χ1) is 21.4. The molecule has 0 fully saturated rings. The molecule has 0 aliphatic heterocycles. The van der Waals surface area contributed by atoms with Crippen molar-refractivity contribution in [3.63, 3.8) is 0 Å². The number of hydrogen-bond donors (Lipinski definition) is 2. The van der Waals surface area contributed by atoms with Gasteiger partial charge in [-0.1, -0.05) is 77.8 Å². The van der Waals surface area contributed by atoms with Crippen molar-refractivity contribution in [2.45, 2.75) is 74.7 Å². The first kappa shape index (κ1) is 37.8. The van der Waals surface area contributed by atoms with Gasteiger partial charge in [0.1, 0.15) is 5.75 Å². The second-order valence-electron chi connectivity index (χ2n) is 13.1. The highest BCUT2D eigenvalue weighted by Crippen LogP contribution is 2.46. The molecule has 2 aromatic rings. The van der Waals surface area contributed by atoms with Crippen molar-refractivity contribution in [3.8, 4) is 5.75 Å². The summed E-state index contributed by atoms with van der Waals surface area (Å²) in [6, 6.07) is 12.6. The average Bonchev–Trinajstić information content (AvgIpc) is 2.97. The lowest BCUT2D eigenvalue weighted by Crippen LogP contribution is -2.47. The van der Waals surface area contributed by atoms with Crippen LogP contribution in [0.2, 0.25) is 0 Å². The summed E-state index contributed by atoms with van der Waals surface area (Å²) >= 11 is 0. The van der Waals surface area contributed by atoms with Crippen molar-refractivity contribution in [2.75, 3.05) is 6.61 Å². The van der Waals surface area contributed by atoms with Crippen LogP contribution in [0.5, 0.6) is 5.75 Å². The molecule has 0 aromatic heterocycles. The molecule has 46 heavy (non-hydrogen) atoms. The van der Waals surface area contributed by atoms with E-state index in [-0.39, 0.29) is 36.5 Å². The highest BCUT2D eigenvalue weighted by Gasteiger charge is 2.50. The summed E-state index contributed by atoms with van der Waals surface area (Å²) in [5.74, 6) is -9.64. The molecule has 2 N–H and O–H groups in total. The van der Waals surface area contributed by atoms with E-state index >= 15 is 0 Å².